The summed E-state index contributed by atoms with van der Waals surface area (Å²) in [5.74, 6) is -0.841. The molecule has 0 spiro atoms. The molecule has 0 saturated heterocycles. The lowest BCUT2D eigenvalue weighted by molar-refractivity contribution is -0.136. The Morgan fingerprint density at radius 1 is 1.11 bits per heavy atom. The molecule has 0 fully saturated rings. The highest BCUT2D eigenvalue weighted by Gasteiger charge is 2.25. The number of thiazole rings is 1. The van der Waals surface area contributed by atoms with E-state index in [1.54, 1.807) is 32.1 Å². The summed E-state index contributed by atoms with van der Waals surface area (Å²) >= 11 is 7.74. The van der Waals surface area contributed by atoms with E-state index < -0.39 is 11.6 Å². The number of aromatic nitrogens is 1. The molecule has 0 amide bonds. The zero-order valence-electron chi connectivity index (χ0n) is 21.2. The molecule has 0 bridgehead atoms. The number of aryl methyl sites for hydroxylation is 2. The number of rotatable bonds is 4. The van der Waals surface area contributed by atoms with Crippen molar-refractivity contribution >= 4 is 49.9 Å². The number of carboxylic acid groups (broad SMARTS) is 1. The minimum absolute atomic E-state index is 0.0290. The van der Waals surface area contributed by atoms with E-state index in [1.807, 2.05) is 37.3 Å². The maximum absolute atomic E-state index is 11.6. The van der Waals surface area contributed by atoms with Gasteiger partial charge >= 0.3 is 5.97 Å². The van der Waals surface area contributed by atoms with Crippen molar-refractivity contribution in [2.24, 2.45) is 0 Å². The van der Waals surface area contributed by atoms with Crippen LogP contribution in [0.3, 0.4) is 0 Å². The maximum Gasteiger partial charge on any atom is 0.307 e. The molecule has 0 radical (unpaired) electrons. The van der Waals surface area contributed by atoms with Gasteiger partial charge in [0.05, 0.1) is 22.2 Å². The van der Waals surface area contributed by atoms with Gasteiger partial charge in [-0.1, -0.05) is 52.8 Å². The Kier molecular flexibility index (Phi) is 7.41. The van der Waals surface area contributed by atoms with E-state index in [0.717, 1.165) is 50.6 Å². The Balaban J connectivity index is 0.000000556. The molecule has 5 rings (SSSR count). The minimum atomic E-state index is -0.841. The number of benzene rings is 3. The van der Waals surface area contributed by atoms with Gasteiger partial charge in [0.25, 0.3) is 0 Å². The topological polar surface area (TPSA) is 73.7 Å². The Labute approximate surface area is 221 Å². The summed E-state index contributed by atoms with van der Waals surface area (Å²) in [5.41, 5.74) is 7.90. The number of aliphatic hydroxyl groups is 1. The highest BCUT2D eigenvalue weighted by atomic mass is 35.5. The molecule has 0 saturated carbocycles. The average Bonchev–Trinajstić information content (AvgIpc) is 3.37. The third-order valence-electron chi connectivity index (χ3n) is 5.82. The fraction of sp³-hybridized carbons (Fsp3) is 0.310. The van der Waals surface area contributed by atoms with Gasteiger partial charge < -0.3 is 15.1 Å². The van der Waals surface area contributed by atoms with Gasteiger partial charge in [-0.3, -0.25) is 4.79 Å². The van der Waals surface area contributed by atoms with Gasteiger partial charge in [-0.2, -0.15) is 0 Å². The molecule has 1 aliphatic heterocycles. The number of anilines is 2. The van der Waals surface area contributed by atoms with Gasteiger partial charge in [0, 0.05) is 22.8 Å². The first-order valence-electron chi connectivity index (χ1n) is 11.9. The highest BCUT2D eigenvalue weighted by Crippen LogP contribution is 2.44. The fourth-order valence-electron chi connectivity index (χ4n) is 4.37. The summed E-state index contributed by atoms with van der Waals surface area (Å²) in [6.07, 6.45) is 0.971. The predicted molar refractivity (Wildman–Crippen MR) is 150 cm³/mol. The van der Waals surface area contributed by atoms with Crippen molar-refractivity contribution in [1.82, 2.24) is 4.98 Å². The molecule has 1 aliphatic rings. The zero-order chi connectivity index (χ0) is 26.2. The lowest BCUT2D eigenvalue weighted by Gasteiger charge is -2.15. The Morgan fingerprint density at radius 3 is 2.42 bits per heavy atom. The monoisotopic (exact) mass is 522 g/mol. The number of carbonyl (C=O) groups is 1. The van der Waals surface area contributed by atoms with E-state index in [0.29, 0.717) is 5.02 Å². The SMILES string of the molecule is CC(C)(C)O.Cc1ccc2c(c1)CCN2c1nc2cc(C)c(CC(=O)O)c(-c3ccc(Cl)cc3)c2s1. The van der Waals surface area contributed by atoms with Crippen LogP contribution in [0.25, 0.3) is 21.3 Å². The molecule has 4 aromatic rings. The van der Waals surface area contributed by atoms with Crippen molar-refractivity contribution in [3.05, 3.63) is 75.8 Å². The van der Waals surface area contributed by atoms with E-state index in [-0.39, 0.29) is 6.42 Å². The smallest absolute Gasteiger partial charge is 0.307 e. The summed E-state index contributed by atoms with van der Waals surface area (Å²) in [5, 5.41) is 19.7. The van der Waals surface area contributed by atoms with Crippen LogP contribution in [0.5, 0.6) is 0 Å². The fourth-order valence-corrected chi connectivity index (χ4v) is 5.67. The number of aliphatic carboxylic acids is 1. The summed E-state index contributed by atoms with van der Waals surface area (Å²) < 4.78 is 1.01. The molecular formula is C29H31ClN2O3S. The van der Waals surface area contributed by atoms with Crippen LogP contribution in [0, 0.1) is 13.8 Å². The summed E-state index contributed by atoms with van der Waals surface area (Å²) in [6, 6.07) is 16.2. The molecule has 0 unspecified atom stereocenters. The van der Waals surface area contributed by atoms with Crippen molar-refractivity contribution in [3.63, 3.8) is 0 Å². The van der Waals surface area contributed by atoms with E-state index in [9.17, 15) is 9.90 Å². The average molecular weight is 523 g/mol. The van der Waals surface area contributed by atoms with Gasteiger partial charge in [-0.15, -0.1) is 0 Å². The molecule has 7 heteroatoms. The first kappa shape index (κ1) is 26.1. The van der Waals surface area contributed by atoms with Crippen molar-refractivity contribution < 1.29 is 15.0 Å². The molecule has 1 aromatic heterocycles. The molecule has 3 aromatic carbocycles. The van der Waals surface area contributed by atoms with Crippen molar-refractivity contribution in [1.29, 1.82) is 0 Å². The van der Waals surface area contributed by atoms with Crippen molar-refractivity contribution in [2.45, 2.75) is 53.1 Å². The summed E-state index contributed by atoms with van der Waals surface area (Å²) in [7, 11) is 0. The van der Waals surface area contributed by atoms with Gasteiger partial charge in [-0.25, -0.2) is 4.98 Å². The molecule has 36 heavy (non-hydrogen) atoms. The Hall–Kier alpha value is -2.93. The lowest BCUT2D eigenvalue weighted by Crippen LogP contribution is -2.12. The van der Waals surface area contributed by atoms with Crippen LogP contribution >= 0.6 is 22.9 Å². The molecule has 2 heterocycles. The van der Waals surface area contributed by atoms with Gasteiger partial charge in [0.15, 0.2) is 5.13 Å². The van der Waals surface area contributed by atoms with Crippen LogP contribution in [0.4, 0.5) is 10.8 Å². The Morgan fingerprint density at radius 2 is 1.78 bits per heavy atom. The quantitative estimate of drug-likeness (QED) is 0.293. The van der Waals surface area contributed by atoms with Crippen LogP contribution in [0.15, 0.2) is 48.5 Å². The van der Waals surface area contributed by atoms with Crippen molar-refractivity contribution in [2.75, 3.05) is 11.4 Å². The summed E-state index contributed by atoms with van der Waals surface area (Å²) in [6.45, 7) is 10.2. The molecule has 2 N–H and O–H groups in total. The lowest BCUT2D eigenvalue weighted by atomic mass is 9.93. The van der Waals surface area contributed by atoms with E-state index in [2.05, 4.69) is 30.0 Å². The minimum Gasteiger partial charge on any atom is -0.481 e. The number of hydrogen-bond acceptors (Lipinski definition) is 5. The normalized spacial score (nSPS) is 12.9. The van der Waals surface area contributed by atoms with Crippen LogP contribution < -0.4 is 4.90 Å². The number of halogens is 1. The third-order valence-corrected chi connectivity index (χ3v) is 7.19. The molecule has 0 atom stereocenters. The van der Waals surface area contributed by atoms with Crippen molar-refractivity contribution in [3.8, 4) is 11.1 Å². The second kappa shape index (κ2) is 10.2. The number of fused-ring (bicyclic) bond motifs is 2. The van der Waals surface area contributed by atoms with Crippen LogP contribution in [0.2, 0.25) is 5.02 Å². The molecule has 188 valence electrons. The van der Waals surface area contributed by atoms with Gasteiger partial charge in [0.1, 0.15) is 0 Å². The molecule has 0 aliphatic carbocycles. The first-order chi connectivity index (χ1) is 16.9. The molecular weight excluding hydrogens is 492 g/mol. The maximum atomic E-state index is 11.6. The molecule has 5 nitrogen and oxygen atoms in total. The van der Waals surface area contributed by atoms with Crippen LogP contribution in [0.1, 0.15) is 43.0 Å². The predicted octanol–water partition coefficient (Wildman–Crippen LogP) is 7.33. The third kappa shape index (κ3) is 5.89. The standard InChI is InChI=1S/C25H21ClN2O2S.C4H10O/c1-14-3-8-21-17(11-14)9-10-28(21)25-27-20-12-15(2)19(13-22(29)30)23(24(20)31-25)16-4-6-18(26)7-5-16;1-4(2,3)5/h3-8,11-12H,9-10,13H2,1-2H3,(H,29,30);5H,1-3H3. The first-order valence-corrected chi connectivity index (χ1v) is 13.1. The van der Waals surface area contributed by atoms with Gasteiger partial charge in [0.2, 0.25) is 0 Å². The largest absolute Gasteiger partial charge is 0.481 e. The summed E-state index contributed by atoms with van der Waals surface area (Å²) in [4.78, 5) is 18.9. The van der Waals surface area contributed by atoms with Crippen LogP contribution in [-0.2, 0) is 17.6 Å². The Bertz CT molecular complexity index is 1420. The highest BCUT2D eigenvalue weighted by molar-refractivity contribution is 7.22. The number of carboxylic acids is 1. The number of hydrogen-bond donors (Lipinski definition) is 2. The number of nitrogens with zero attached hydrogens (tertiary/aromatic N) is 2. The van der Waals surface area contributed by atoms with E-state index >= 15 is 0 Å². The van der Waals surface area contributed by atoms with Crippen LogP contribution in [-0.4, -0.2) is 33.3 Å². The second-order valence-corrected chi connectivity index (χ2v) is 11.6. The van der Waals surface area contributed by atoms with E-state index in [4.69, 9.17) is 21.7 Å². The zero-order valence-corrected chi connectivity index (χ0v) is 22.8. The van der Waals surface area contributed by atoms with Gasteiger partial charge in [-0.05, 0) is 87.6 Å². The van der Waals surface area contributed by atoms with E-state index in [1.165, 1.54) is 16.8 Å². The second-order valence-electron chi connectivity index (χ2n) is 10.2.